The van der Waals surface area contributed by atoms with Crippen molar-refractivity contribution in [3.8, 4) is 0 Å². The van der Waals surface area contributed by atoms with Gasteiger partial charge in [-0.25, -0.2) is 0 Å². The van der Waals surface area contributed by atoms with Crippen LogP contribution in [0.5, 0.6) is 0 Å². The van der Waals surface area contributed by atoms with E-state index in [0.29, 0.717) is 0 Å². The van der Waals surface area contributed by atoms with E-state index >= 15 is 0 Å². The average Bonchev–Trinajstić information content (AvgIpc) is 2.16. The van der Waals surface area contributed by atoms with Gasteiger partial charge in [0.15, 0.2) is 0 Å². The van der Waals surface area contributed by atoms with Crippen LogP contribution in [0.15, 0.2) is 17.2 Å². The first-order chi connectivity index (χ1) is 7.04. The molecule has 1 aromatic rings. The molecule has 1 rings (SSSR count). The molecule has 1 atom stereocenters. The predicted octanol–water partition coefficient (Wildman–Crippen LogP) is 2.14. The van der Waals surface area contributed by atoms with Crippen LogP contribution in [-0.4, -0.2) is 31.1 Å². The molecule has 84 valence electrons. The standard InChI is InChI=1S/C11H18N2OS/c1-8(14-4)11-10(15)5-9(6-12-11)7-13(2)3/h5-6,8,15H,7H2,1-4H3. The van der Waals surface area contributed by atoms with E-state index in [1.54, 1.807) is 7.11 Å². The summed E-state index contributed by atoms with van der Waals surface area (Å²) in [5.41, 5.74) is 2.06. The monoisotopic (exact) mass is 226 g/mol. The van der Waals surface area contributed by atoms with E-state index in [-0.39, 0.29) is 6.10 Å². The number of thiol groups is 1. The molecule has 0 radical (unpaired) electrons. The summed E-state index contributed by atoms with van der Waals surface area (Å²) in [6.45, 7) is 2.84. The Morgan fingerprint density at radius 1 is 1.53 bits per heavy atom. The lowest BCUT2D eigenvalue weighted by Gasteiger charge is -2.14. The average molecular weight is 226 g/mol. The fourth-order valence-electron chi connectivity index (χ4n) is 1.38. The minimum atomic E-state index is -0.00842. The minimum absolute atomic E-state index is 0.00842. The zero-order valence-corrected chi connectivity index (χ0v) is 10.6. The van der Waals surface area contributed by atoms with Crippen LogP contribution in [-0.2, 0) is 11.3 Å². The first kappa shape index (κ1) is 12.5. The number of ether oxygens (including phenoxy) is 1. The Labute approximate surface area is 96.9 Å². The highest BCUT2D eigenvalue weighted by molar-refractivity contribution is 7.80. The third kappa shape index (κ3) is 3.48. The number of pyridine rings is 1. The summed E-state index contributed by atoms with van der Waals surface area (Å²) < 4.78 is 5.22. The summed E-state index contributed by atoms with van der Waals surface area (Å²) in [7, 11) is 5.74. The largest absolute Gasteiger partial charge is 0.375 e. The van der Waals surface area contributed by atoms with Gasteiger partial charge in [0.1, 0.15) is 0 Å². The Kier molecular flexibility index (Phi) is 4.57. The summed E-state index contributed by atoms with van der Waals surface area (Å²) in [6, 6.07) is 2.04. The van der Waals surface area contributed by atoms with E-state index in [9.17, 15) is 0 Å². The molecule has 0 aliphatic rings. The molecule has 1 aromatic heterocycles. The van der Waals surface area contributed by atoms with Gasteiger partial charge < -0.3 is 9.64 Å². The Hall–Kier alpha value is -0.580. The molecular formula is C11H18N2OS. The van der Waals surface area contributed by atoms with Crippen molar-refractivity contribution in [2.45, 2.75) is 24.5 Å². The summed E-state index contributed by atoms with van der Waals surface area (Å²) in [5, 5.41) is 0. The molecule has 0 saturated heterocycles. The summed E-state index contributed by atoms with van der Waals surface area (Å²) in [5.74, 6) is 0. The van der Waals surface area contributed by atoms with Crippen molar-refractivity contribution < 1.29 is 4.74 Å². The van der Waals surface area contributed by atoms with Gasteiger partial charge in [-0.1, -0.05) is 0 Å². The molecule has 3 nitrogen and oxygen atoms in total. The van der Waals surface area contributed by atoms with Gasteiger partial charge in [-0.2, -0.15) is 0 Å². The fraction of sp³-hybridized carbons (Fsp3) is 0.545. The number of methoxy groups -OCH3 is 1. The van der Waals surface area contributed by atoms with Gasteiger partial charge in [-0.15, -0.1) is 12.6 Å². The van der Waals surface area contributed by atoms with Crippen LogP contribution in [0.3, 0.4) is 0 Å². The molecule has 15 heavy (non-hydrogen) atoms. The maximum Gasteiger partial charge on any atom is 0.0974 e. The smallest absolute Gasteiger partial charge is 0.0974 e. The van der Waals surface area contributed by atoms with E-state index in [4.69, 9.17) is 4.74 Å². The van der Waals surface area contributed by atoms with Crippen LogP contribution < -0.4 is 0 Å². The van der Waals surface area contributed by atoms with E-state index in [1.807, 2.05) is 33.3 Å². The number of hydrogen-bond acceptors (Lipinski definition) is 4. The second-order valence-electron chi connectivity index (χ2n) is 3.86. The number of nitrogens with zero attached hydrogens (tertiary/aromatic N) is 2. The first-order valence-corrected chi connectivity index (χ1v) is 5.34. The molecule has 1 unspecified atom stereocenters. The van der Waals surface area contributed by atoms with Crippen LogP contribution in [0, 0.1) is 0 Å². The van der Waals surface area contributed by atoms with Crippen molar-refractivity contribution in [1.82, 2.24) is 9.88 Å². The molecule has 4 heteroatoms. The highest BCUT2D eigenvalue weighted by Crippen LogP contribution is 2.22. The molecule has 0 amide bonds. The van der Waals surface area contributed by atoms with E-state index in [2.05, 4.69) is 22.5 Å². The van der Waals surface area contributed by atoms with E-state index in [0.717, 1.165) is 22.7 Å². The number of rotatable bonds is 4. The maximum absolute atomic E-state index is 5.22. The molecule has 0 spiro atoms. The van der Waals surface area contributed by atoms with Crippen molar-refractivity contribution in [1.29, 1.82) is 0 Å². The SMILES string of the molecule is COC(C)c1ncc(CN(C)C)cc1S. The van der Waals surface area contributed by atoms with E-state index in [1.165, 1.54) is 0 Å². The van der Waals surface area contributed by atoms with Crippen LogP contribution in [0.1, 0.15) is 24.3 Å². The molecular weight excluding hydrogens is 208 g/mol. The second-order valence-corrected chi connectivity index (χ2v) is 4.35. The highest BCUT2D eigenvalue weighted by Gasteiger charge is 2.10. The quantitative estimate of drug-likeness (QED) is 0.796. The van der Waals surface area contributed by atoms with Crippen molar-refractivity contribution in [2.75, 3.05) is 21.2 Å². The third-order valence-electron chi connectivity index (χ3n) is 2.19. The lowest BCUT2D eigenvalue weighted by molar-refractivity contribution is 0.113. The lowest BCUT2D eigenvalue weighted by Crippen LogP contribution is -2.11. The molecule has 1 heterocycles. The molecule has 0 aliphatic carbocycles. The number of aromatic nitrogens is 1. The van der Waals surface area contributed by atoms with Crippen LogP contribution in [0.25, 0.3) is 0 Å². The second kappa shape index (κ2) is 5.49. The molecule has 0 aliphatic heterocycles. The van der Waals surface area contributed by atoms with Gasteiger partial charge in [0, 0.05) is 24.7 Å². The van der Waals surface area contributed by atoms with Gasteiger partial charge in [0.05, 0.1) is 11.8 Å². The van der Waals surface area contributed by atoms with Gasteiger partial charge in [0.2, 0.25) is 0 Å². The normalized spacial score (nSPS) is 13.2. The Morgan fingerprint density at radius 2 is 2.20 bits per heavy atom. The van der Waals surface area contributed by atoms with Crippen molar-refractivity contribution in [3.05, 3.63) is 23.5 Å². The molecule has 0 aromatic carbocycles. The Bertz CT molecular complexity index is 328. The number of hydrogen-bond donors (Lipinski definition) is 1. The molecule has 0 fully saturated rings. The molecule has 0 bridgehead atoms. The van der Waals surface area contributed by atoms with Crippen molar-refractivity contribution in [2.24, 2.45) is 0 Å². The Morgan fingerprint density at radius 3 is 2.67 bits per heavy atom. The van der Waals surface area contributed by atoms with E-state index < -0.39 is 0 Å². The zero-order valence-electron chi connectivity index (χ0n) is 9.69. The van der Waals surface area contributed by atoms with Gasteiger partial charge in [-0.3, -0.25) is 4.98 Å². The lowest BCUT2D eigenvalue weighted by atomic mass is 10.2. The maximum atomic E-state index is 5.22. The first-order valence-electron chi connectivity index (χ1n) is 4.90. The summed E-state index contributed by atoms with van der Waals surface area (Å²) in [6.07, 6.45) is 1.87. The van der Waals surface area contributed by atoms with Crippen LogP contribution >= 0.6 is 12.6 Å². The summed E-state index contributed by atoms with van der Waals surface area (Å²) >= 11 is 4.42. The predicted molar refractivity (Wildman–Crippen MR) is 64.3 cm³/mol. The Balaban J connectivity index is 2.88. The minimum Gasteiger partial charge on any atom is -0.375 e. The molecule has 0 saturated carbocycles. The van der Waals surface area contributed by atoms with Gasteiger partial charge >= 0.3 is 0 Å². The van der Waals surface area contributed by atoms with Crippen LogP contribution in [0.4, 0.5) is 0 Å². The fourth-order valence-corrected chi connectivity index (χ4v) is 1.79. The topological polar surface area (TPSA) is 25.4 Å². The van der Waals surface area contributed by atoms with Gasteiger partial charge in [0.25, 0.3) is 0 Å². The zero-order chi connectivity index (χ0) is 11.4. The summed E-state index contributed by atoms with van der Waals surface area (Å²) in [4.78, 5) is 7.37. The van der Waals surface area contributed by atoms with Crippen molar-refractivity contribution >= 4 is 12.6 Å². The van der Waals surface area contributed by atoms with Crippen molar-refractivity contribution in [3.63, 3.8) is 0 Å². The van der Waals surface area contributed by atoms with Crippen LogP contribution in [0.2, 0.25) is 0 Å². The highest BCUT2D eigenvalue weighted by atomic mass is 32.1. The third-order valence-corrected chi connectivity index (χ3v) is 2.55. The molecule has 0 N–H and O–H groups in total. The van der Waals surface area contributed by atoms with Gasteiger partial charge in [-0.05, 0) is 32.6 Å².